The normalized spacial score (nSPS) is 16.7. The largest absolute Gasteiger partial charge is 0.512 e. The fourth-order valence-electron chi connectivity index (χ4n) is 0.374. The highest BCUT2D eigenvalue weighted by Crippen LogP contribution is 2.22. The lowest BCUT2D eigenvalue weighted by Crippen LogP contribution is -2.42. The van der Waals surface area contributed by atoms with Crippen LogP contribution in [-0.4, -0.2) is 41.6 Å². The summed E-state index contributed by atoms with van der Waals surface area (Å²) in [6, 6.07) is 0. The van der Waals surface area contributed by atoms with Crippen molar-refractivity contribution in [2.75, 3.05) is 27.3 Å². The van der Waals surface area contributed by atoms with Gasteiger partial charge in [0.25, 0.3) is 0 Å². The number of hydrogen-bond donors (Lipinski definition) is 1. The zero-order valence-electron chi connectivity index (χ0n) is 6.41. The Bertz CT molecular complexity index is 134. The van der Waals surface area contributed by atoms with E-state index in [1.54, 1.807) is 0 Å². The number of hydrogen-bond acceptors (Lipinski definition) is 1. The molecule has 0 saturated heterocycles. The molecule has 60 valence electrons. The quantitative estimate of drug-likeness (QED) is 0.341. The third kappa shape index (κ3) is 4.34. The van der Waals surface area contributed by atoms with Crippen LogP contribution in [0, 0.1) is 0 Å². The Morgan fingerprint density at radius 3 is 2.10 bits per heavy atom. The van der Waals surface area contributed by atoms with E-state index in [9.17, 15) is 4.57 Å². The first-order valence-electron chi connectivity index (χ1n) is 2.93. The molecule has 2 atom stereocenters. The molecule has 0 aromatic heterocycles. The van der Waals surface area contributed by atoms with Crippen molar-refractivity contribution in [2.24, 2.45) is 0 Å². The van der Waals surface area contributed by atoms with Crippen molar-refractivity contribution < 1.29 is 13.9 Å². The van der Waals surface area contributed by atoms with Gasteiger partial charge in [0.2, 0.25) is 6.16 Å². The molecule has 0 fully saturated rings. The van der Waals surface area contributed by atoms with Gasteiger partial charge in [-0.1, -0.05) is 0 Å². The molecular weight excluding hydrogens is 217 g/mol. The van der Waals surface area contributed by atoms with Crippen molar-refractivity contribution >= 4 is 24.0 Å². The maximum Gasteiger partial charge on any atom is 0.512 e. The molecule has 0 aliphatic heterocycles. The maximum atomic E-state index is 10.4. The molecule has 0 saturated carbocycles. The highest BCUT2D eigenvalue weighted by Gasteiger charge is 2.29. The minimum atomic E-state index is -2.02. The summed E-state index contributed by atoms with van der Waals surface area (Å²) >= 11 is 3.33. The van der Waals surface area contributed by atoms with Crippen LogP contribution in [0.2, 0.25) is 0 Å². The molecule has 0 heterocycles. The van der Waals surface area contributed by atoms with Gasteiger partial charge in [-0.3, -0.25) is 0 Å². The van der Waals surface area contributed by atoms with Crippen LogP contribution < -0.4 is 0 Å². The van der Waals surface area contributed by atoms with Crippen molar-refractivity contribution in [2.45, 2.75) is 4.95 Å². The Balaban J connectivity index is 3.85. The zero-order valence-corrected chi connectivity index (χ0v) is 8.89. The van der Waals surface area contributed by atoms with Crippen LogP contribution in [0.25, 0.3) is 0 Å². The molecule has 3 nitrogen and oxygen atoms in total. The molecule has 5 heteroatoms. The SMILES string of the molecule is C[N+](C)(C)C(Br)C[P+](=O)O. The van der Waals surface area contributed by atoms with Gasteiger partial charge in [-0.2, -0.15) is 4.89 Å². The van der Waals surface area contributed by atoms with Gasteiger partial charge in [-0.25, -0.2) is 0 Å². The number of halogens is 1. The predicted octanol–water partition coefficient (Wildman–Crippen LogP) is 1.15. The molecule has 0 spiro atoms. The molecule has 10 heavy (non-hydrogen) atoms. The van der Waals surface area contributed by atoms with Crippen LogP contribution in [-0.2, 0) is 4.57 Å². The lowest BCUT2D eigenvalue weighted by Gasteiger charge is -2.26. The van der Waals surface area contributed by atoms with Gasteiger partial charge in [-0.15, -0.1) is 0 Å². The van der Waals surface area contributed by atoms with Crippen molar-refractivity contribution in [1.29, 1.82) is 0 Å². The van der Waals surface area contributed by atoms with E-state index >= 15 is 0 Å². The summed E-state index contributed by atoms with van der Waals surface area (Å²) in [6.07, 6.45) is 0.304. The minimum absolute atomic E-state index is 0.0566. The first-order chi connectivity index (χ1) is 4.34. The van der Waals surface area contributed by atoms with Gasteiger partial charge in [0.05, 0.1) is 21.1 Å². The second-order valence-electron chi connectivity index (χ2n) is 3.09. The summed E-state index contributed by atoms with van der Waals surface area (Å²) in [6.45, 7) is 0. The maximum absolute atomic E-state index is 10.4. The van der Waals surface area contributed by atoms with E-state index in [1.165, 1.54) is 0 Å². The van der Waals surface area contributed by atoms with Crippen molar-refractivity contribution in [3.05, 3.63) is 0 Å². The second kappa shape index (κ2) is 3.77. The average Bonchev–Trinajstić information content (AvgIpc) is 1.60. The summed E-state index contributed by atoms with van der Waals surface area (Å²) in [5.74, 6) is 0. The molecule has 0 aliphatic carbocycles. The Labute approximate surface area is 70.6 Å². The lowest BCUT2D eigenvalue weighted by molar-refractivity contribution is -0.876. The van der Waals surface area contributed by atoms with Gasteiger partial charge in [0.15, 0.2) is 4.95 Å². The number of alkyl halides is 1. The Hall–Kier alpha value is 0.500. The van der Waals surface area contributed by atoms with E-state index in [4.69, 9.17) is 4.89 Å². The smallest absolute Gasteiger partial charge is 0.316 e. The molecule has 0 amide bonds. The van der Waals surface area contributed by atoms with E-state index in [2.05, 4.69) is 15.9 Å². The molecule has 0 aliphatic rings. The van der Waals surface area contributed by atoms with Crippen LogP contribution in [0.1, 0.15) is 0 Å². The molecule has 0 aromatic rings. The van der Waals surface area contributed by atoms with Crippen LogP contribution in [0.4, 0.5) is 0 Å². The molecule has 1 N–H and O–H groups in total. The number of nitrogens with zero attached hydrogens (tertiary/aromatic N) is 1. The average molecular weight is 230 g/mol. The fourth-order valence-corrected chi connectivity index (χ4v) is 1.86. The first-order valence-corrected chi connectivity index (χ1v) is 5.24. The van der Waals surface area contributed by atoms with Crippen LogP contribution >= 0.6 is 24.0 Å². The van der Waals surface area contributed by atoms with E-state index in [1.807, 2.05) is 21.1 Å². The van der Waals surface area contributed by atoms with Crippen LogP contribution in [0.5, 0.6) is 0 Å². The van der Waals surface area contributed by atoms with Gasteiger partial charge >= 0.3 is 8.03 Å². The second-order valence-corrected chi connectivity index (χ2v) is 5.21. The lowest BCUT2D eigenvalue weighted by atomic mass is 10.6. The third-order valence-electron chi connectivity index (χ3n) is 1.15. The highest BCUT2D eigenvalue weighted by molar-refractivity contribution is 9.09. The van der Waals surface area contributed by atoms with Gasteiger partial charge in [0.1, 0.15) is 0 Å². The zero-order chi connectivity index (χ0) is 8.36. The Morgan fingerprint density at radius 1 is 1.60 bits per heavy atom. The third-order valence-corrected chi connectivity index (χ3v) is 3.86. The van der Waals surface area contributed by atoms with Gasteiger partial charge in [0, 0.05) is 0 Å². The predicted molar refractivity (Wildman–Crippen MR) is 45.4 cm³/mol. The Kier molecular flexibility index (Phi) is 3.95. The van der Waals surface area contributed by atoms with Gasteiger partial charge < -0.3 is 4.48 Å². The number of rotatable bonds is 3. The summed E-state index contributed by atoms with van der Waals surface area (Å²) in [4.78, 5) is 8.61. The Morgan fingerprint density at radius 2 is 2.00 bits per heavy atom. The van der Waals surface area contributed by atoms with Crippen LogP contribution in [0.3, 0.4) is 0 Å². The summed E-state index contributed by atoms with van der Waals surface area (Å²) in [5.41, 5.74) is 0. The van der Waals surface area contributed by atoms with E-state index < -0.39 is 8.03 Å². The van der Waals surface area contributed by atoms with E-state index in [0.717, 1.165) is 0 Å². The monoisotopic (exact) mass is 229 g/mol. The summed E-state index contributed by atoms with van der Waals surface area (Å²) in [5, 5.41) is 0. The van der Waals surface area contributed by atoms with E-state index in [-0.39, 0.29) is 4.95 Å². The number of quaternary nitrogens is 1. The van der Waals surface area contributed by atoms with Gasteiger partial charge in [-0.05, 0) is 20.5 Å². The first kappa shape index (κ1) is 10.5. The molecule has 0 rings (SSSR count). The highest BCUT2D eigenvalue weighted by atomic mass is 79.9. The standard InChI is InChI=1S/C5H12BrNO2P/c1-7(2,3)5(6)4-10(8)9/h5H,4H2,1-3H3/q+1/p+1. The molecular formula is C5H13BrNO2P+2. The topological polar surface area (TPSA) is 37.3 Å². The molecule has 0 radical (unpaired) electrons. The minimum Gasteiger partial charge on any atom is -0.316 e. The van der Waals surface area contributed by atoms with Crippen LogP contribution in [0.15, 0.2) is 0 Å². The molecule has 0 aromatic carbocycles. The summed E-state index contributed by atoms with van der Waals surface area (Å²) < 4.78 is 11.0. The summed E-state index contributed by atoms with van der Waals surface area (Å²) in [7, 11) is 3.89. The molecule has 2 unspecified atom stereocenters. The van der Waals surface area contributed by atoms with E-state index in [0.29, 0.717) is 10.6 Å². The fraction of sp³-hybridized carbons (Fsp3) is 1.00. The van der Waals surface area contributed by atoms with Crippen molar-refractivity contribution in [3.63, 3.8) is 0 Å². The van der Waals surface area contributed by atoms with Crippen molar-refractivity contribution in [3.8, 4) is 0 Å². The van der Waals surface area contributed by atoms with Crippen molar-refractivity contribution in [1.82, 2.24) is 0 Å². The molecule has 0 bridgehead atoms.